The summed E-state index contributed by atoms with van der Waals surface area (Å²) in [6, 6.07) is 5.21. The first-order valence-corrected chi connectivity index (χ1v) is 6.08. The molecule has 96 valence electrons. The van der Waals surface area contributed by atoms with Crippen molar-refractivity contribution < 1.29 is 9.59 Å². The van der Waals surface area contributed by atoms with Gasteiger partial charge in [-0.3, -0.25) is 14.7 Å². The molecule has 0 radical (unpaired) electrons. The van der Waals surface area contributed by atoms with Gasteiger partial charge < -0.3 is 5.32 Å². The first-order chi connectivity index (χ1) is 9.25. The molecule has 0 unspecified atom stereocenters. The van der Waals surface area contributed by atoms with Crippen molar-refractivity contribution in [3.05, 3.63) is 41.3 Å². The molecule has 1 amide bonds. The van der Waals surface area contributed by atoms with E-state index >= 15 is 0 Å². The van der Waals surface area contributed by atoms with Crippen LogP contribution in [0.2, 0.25) is 0 Å². The predicted octanol–water partition coefficient (Wildman–Crippen LogP) is 1.58. The van der Waals surface area contributed by atoms with Gasteiger partial charge in [0.05, 0.1) is 5.56 Å². The molecule has 2 aromatic heterocycles. The molecule has 0 spiro atoms. The number of nitrogens with zero attached hydrogens (tertiary/aromatic N) is 2. The number of H-pyrrole nitrogens is 1. The van der Waals surface area contributed by atoms with E-state index in [1.54, 1.807) is 24.4 Å². The zero-order valence-electron chi connectivity index (χ0n) is 10.1. The van der Waals surface area contributed by atoms with Crippen molar-refractivity contribution in [2.24, 2.45) is 0 Å². The molecule has 3 rings (SSSR count). The Balaban J connectivity index is 1.89. The highest BCUT2D eigenvalue weighted by atomic mass is 16.2. The second-order valence-electron chi connectivity index (χ2n) is 4.37. The number of carbonyl (C=O) groups is 2. The summed E-state index contributed by atoms with van der Waals surface area (Å²) in [5.74, 6) is 0.000120. The van der Waals surface area contributed by atoms with Gasteiger partial charge in [-0.25, -0.2) is 4.98 Å². The molecular formula is C13H12N4O2. The van der Waals surface area contributed by atoms with E-state index in [9.17, 15) is 9.59 Å². The van der Waals surface area contributed by atoms with Crippen LogP contribution in [0.25, 0.3) is 0 Å². The molecule has 19 heavy (non-hydrogen) atoms. The second kappa shape index (κ2) is 4.64. The molecule has 0 saturated carbocycles. The van der Waals surface area contributed by atoms with Gasteiger partial charge in [0.1, 0.15) is 5.82 Å². The van der Waals surface area contributed by atoms with Crippen LogP contribution in [0, 0.1) is 0 Å². The number of pyridine rings is 1. The lowest BCUT2D eigenvalue weighted by Gasteiger charge is -2.10. The van der Waals surface area contributed by atoms with Gasteiger partial charge in [0.15, 0.2) is 11.5 Å². The van der Waals surface area contributed by atoms with Gasteiger partial charge in [0, 0.05) is 18.3 Å². The highest BCUT2D eigenvalue weighted by Gasteiger charge is 2.27. The van der Waals surface area contributed by atoms with Crippen molar-refractivity contribution >= 4 is 17.5 Å². The Kier molecular flexibility index (Phi) is 2.83. The van der Waals surface area contributed by atoms with E-state index in [1.165, 1.54) is 0 Å². The van der Waals surface area contributed by atoms with E-state index in [0.29, 0.717) is 17.8 Å². The fraction of sp³-hybridized carbons (Fsp3) is 0.231. The Morgan fingerprint density at radius 2 is 2.21 bits per heavy atom. The summed E-state index contributed by atoms with van der Waals surface area (Å²) >= 11 is 0. The molecule has 6 heteroatoms. The quantitative estimate of drug-likeness (QED) is 0.853. The number of carbonyl (C=O) groups excluding carboxylic acids is 2. The number of rotatable bonds is 2. The number of fused-ring (bicyclic) bond motifs is 1. The molecule has 0 atom stereocenters. The fourth-order valence-corrected chi connectivity index (χ4v) is 2.19. The summed E-state index contributed by atoms with van der Waals surface area (Å²) < 4.78 is 0. The number of aryl methyl sites for hydroxylation is 1. The van der Waals surface area contributed by atoms with Crippen LogP contribution in [0.1, 0.15) is 39.4 Å². The number of aromatic amines is 1. The van der Waals surface area contributed by atoms with Gasteiger partial charge in [-0.05, 0) is 25.0 Å². The lowest BCUT2D eigenvalue weighted by molar-refractivity contribution is 0.0955. The summed E-state index contributed by atoms with van der Waals surface area (Å²) in [7, 11) is 0. The van der Waals surface area contributed by atoms with E-state index < -0.39 is 5.91 Å². The minimum Gasteiger partial charge on any atom is -0.305 e. The standard InChI is InChI=1S/C13H12N4O2/c18-9-5-3-4-8-11(9)12(17-16-8)13(19)15-10-6-1-2-7-14-10/h1-2,6-7H,3-5H2,(H,16,17)(H,14,15,19). The van der Waals surface area contributed by atoms with Gasteiger partial charge in [-0.1, -0.05) is 6.07 Å². The molecule has 2 N–H and O–H groups in total. The fourth-order valence-electron chi connectivity index (χ4n) is 2.19. The van der Waals surface area contributed by atoms with E-state index in [2.05, 4.69) is 20.5 Å². The normalized spacial score (nSPS) is 14.0. The first-order valence-electron chi connectivity index (χ1n) is 6.08. The lowest BCUT2D eigenvalue weighted by Crippen LogP contribution is -2.19. The highest BCUT2D eigenvalue weighted by Crippen LogP contribution is 2.22. The number of hydrogen-bond donors (Lipinski definition) is 2. The van der Waals surface area contributed by atoms with Crippen LogP contribution in [0.15, 0.2) is 24.4 Å². The molecule has 0 aromatic carbocycles. The lowest BCUT2D eigenvalue weighted by atomic mass is 9.94. The number of ketones is 1. The van der Waals surface area contributed by atoms with Crippen LogP contribution in [0.5, 0.6) is 0 Å². The summed E-state index contributed by atoms with van der Waals surface area (Å²) in [6.07, 6.45) is 3.61. The molecule has 1 aliphatic rings. The molecule has 2 aromatic rings. The monoisotopic (exact) mass is 256 g/mol. The van der Waals surface area contributed by atoms with Crippen molar-refractivity contribution in [3.63, 3.8) is 0 Å². The molecular weight excluding hydrogens is 244 g/mol. The van der Waals surface area contributed by atoms with Crippen LogP contribution in [0.3, 0.4) is 0 Å². The predicted molar refractivity (Wildman–Crippen MR) is 68.0 cm³/mol. The van der Waals surface area contributed by atoms with Gasteiger partial charge in [0.25, 0.3) is 5.91 Å². The van der Waals surface area contributed by atoms with E-state index in [4.69, 9.17) is 0 Å². The minimum atomic E-state index is -0.411. The highest BCUT2D eigenvalue weighted by molar-refractivity contribution is 6.12. The van der Waals surface area contributed by atoms with Crippen molar-refractivity contribution in [3.8, 4) is 0 Å². The molecule has 0 saturated heterocycles. The summed E-state index contributed by atoms with van der Waals surface area (Å²) in [5.41, 5.74) is 1.34. The Hall–Kier alpha value is -2.50. The van der Waals surface area contributed by atoms with Gasteiger partial charge in [-0.15, -0.1) is 0 Å². The van der Waals surface area contributed by atoms with Crippen molar-refractivity contribution in [1.82, 2.24) is 15.2 Å². The summed E-state index contributed by atoms with van der Waals surface area (Å²) in [6.45, 7) is 0. The zero-order chi connectivity index (χ0) is 13.2. The first kappa shape index (κ1) is 11.6. The number of anilines is 1. The van der Waals surface area contributed by atoms with Crippen LogP contribution < -0.4 is 5.32 Å². The molecule has 6 nitrogen and oxygen atoms in total. The maximum absolute atomic E-state index is 12.1. The maximum Gasteiger partial charge on any atom is 0.278 e. The number of aromatic nitrogens is 3. The van der Waals surface area contributed by atoms with Crippen LogP contribution in [0.4, 0.5) is 5.82 Å². The topological polar surface area (TPSA) is 87.7 Å². The Labute approximate surface area is 109 Å². The number of Topliss-reactive ketones (excluding diaryl/α,β-unsaturated/α-hetero) is 1. The van der Waals surface area contributed by atoms with E-state index in [1.807, 2.05) is 0 Å². The second-order valence-corrected chi connectivity index (χ2v) is 4.37. The average molecular weight is 256 g/mol. The smallest absolute Gasteiger partial charge is 0.278 e. The summed E-state index contributed by atoms with van der Waals surface area (Å²) in [4.78, 5) is 28.0. The van der Waals surface area contributed by atoms with Gasteiger partial charge in [-0.2, -0.15) is 5.10 Å². The minimum absolute atomic E-state index is 0.0267. The van der Waals surface area contributed by atoms with Gasteiger partial charge in [0.2, 0.25) is 0 Å². The third kappa shape index (κ3) is 2.12. The van der Waals surface area contributed by atoms with Crippen molar-refractivity contribution in [2.75, 3.05) is 5.32 Å². The third-order valence-corrected chi connectivity index (χ3v) is 3.07. The molecule has 0 fully saturated rings. The SMILES string of the molecule is O=C(Nc1ccccn1)c1n[nH]c2c1C(=O)CCC2. The molecule has 1 aliphatic carbocycles. The van der Waals surface area contributed by atoms with Crippen LogP contribution in [-0.2, 0) is 6.42 Å². The number of nitrogens with one attached hydrogen (secondary N) is 2. The van der Waals surface area contributed by atoms with Crippen molar-refractivity contribution in [2.45, 2.75) is 19.3 Å². The van der Waals surface area contributed by atoms with E-state index in [0.717, 1.165) is 18.5 Å². The van der Waals surface area contributed by atoms with Crippen LogP contribution in [-0.4, -0.2) is 26.9 Å². The Morgan fingerprint density at radius 1 is 1.32 bits per heavy atom. The summed E-state index contributed by atoms with van der Waals surface area (Å²) in [5, 5.41) is 9.36. The average Bonchev–Trinajstić information content (AvgIpc) is 2.85. The van der Waals surface area contributed by atoms with E-state index in [-0.39, 0.29) is 11.5 Å². The largest absolute Gasteiger partial charge is 0.305 e. The van der Waals surface area contributed by atoms with Gasteiger partial charge >= 0.3 is 0 Å². The zero-order valence-corrected chi connectivity index (χ0v) is 10.1. The molecule has 0 aliphatic heterocycles. The number of hydrogen-bond acceptors (Lipinski definition) is 4. The molecule has 0 bridgehead atoms. The Bertz CT molecular complexity index is 633. The Morgan fingerprint density at radius 3 is 3.00 bits per heavy atom. The third-order valence-electron chi connectivity index (χ3n) is 3.07. The molecule has 2 heterocycles. The van der Waals surface area contributed by atoms with Crippen molar-refractivity contribution in [1.29, 1.82) is 0 Å². The number of amides is 1. The van der Waals surface area contributed by atoms with Crippen LogP contribution >= 0.6 is 0 Å². The maximum atomic E-state index is 12.1.